The number of nitro benzene ring substituents is 1. The predicted octanol–water partition coefficient (Wildman–Crippen LogP) is 1.34. The van der Waals surface area contributed by atoms with Crippen LogP contribution in [0.1, 0.15) is 29.6 Å². The molecule has 0 aliphatic heterocycles. The van der Waals surface area contributed by atoms with Crippen LogP contribution in [0.2, 0.25) is 0 Å². The standard InChI is InChI=1S/C12H14FN3O3/c13-9-5-4-7(16(18)19)6-8(9)12(17)15-11-3-1-2-10(11)14/h4-6,10-11H,1-3,14H2,(H,15,17). The van der Waals surface area contributed by atoms with Gasteiger partial charge in [-0.25, -0.2) is 4.39 Å². The highest BCUT2D eigenvalue weighted by Gasteiger charge is 2.27. The van der Waals surface area contributed by atoms with Crippen LogP contribution in [-0.4, -0.2) is 22.9 Å². The van der Waals surface area contributed by atoms with Gasteiger partial charge in [0.1, 0.15) is 5.82 Å². The minimum atomic E-state index is -0.783. The largest absolute Gasteiger partial charge is 0.348 e. The van der Waals surface area contributed by atoms with E-state index >= 15 is 0 Å². The van der Waals surface area contributed by atoms with Gasteiger partial charge in [0, 0.05) is 24.2 Å². The molecule has 0 saturated heterocycles. The molecule has 0 heterocycles. The number of hydrogen-bond acceptors (Lipinski definition) is 4. The van der Waals surface area contributed by atoms with E-state index in [0.717, 1.165) is 37.5 Å². The van der Waals surface area contributed by atoms with Crippen LogP contribution in [0.4, 0.5) is 10.1 Å². The van der Waals surface area contributed by atoms with E-state index < -0.39 is 16.6 Å². The molecule has 1 aliphatic carbocycles. The van der Waals surface area contributed by atoms with Crippen molar-refractivity contribution in [3.8, 4) is 0 Å². The van der Waals surface area contributed by atoms with Gasteiger partial charge in [0.15, 0.2) is 0 Å². The minimum absolute atomic E-state index is 0.147. The molecule has 1 aromatic rings. The Morgan fingerprint density at radius 3 is 2.79 bits per heavy atom. The molecular weight excluding hydrogens is 253 g/mol. The van der Waals surface area contributed by atoms with E-state index in [4.69, 9.17) is 5.73 Å². The number of carbonyl (C=O) groups excluding carboxylic acids is 1. The number of halogens is 1. The molecule has 1 aromatic carbocycles. The first-order chi connectivity index (χ1) is 8.99. The number of amides is 1. The predicted molar refractivity (Wildman–Crippen MR) is 66.1 cm³/mol. The van der Waals surface area contributed by atoms with E-state index in [2.05, 4.69) is 5.32 Å². The Morgan fingerprint density at radius 1 is 1.47 bits per heavy atom. The Bertz CT molecular complexity index is 521. The van der Waals surface area contributed by atoms with Gasteiger partial charge in [0.05, 0.1) is 10.5 Å². The molecule has 0 spiro atoms. The molecule has 19 heavy (non-hydrogen) atoms. The summed E-state index contributed by atoms with van der Waals surface area (Å²) in [6.45, 7) is 0. The second kappa shape index (κ2) is 5.31. The Kier molecular flexibility index (Phi) is 3.75. The zero-order chi connectivity index (χ0) is 14.0. The van der Waals surface area contributed by atoms with Crippen LogP contribution in [0.5, 0.6) is 0 Å². The highest BCUT2D eigenvalue weighted by molar-refractivity contribution is 5.95. The summed E-state index contributed by atoms with van der Waals surface area (Å²) in [7, 11) is 0. The first-order valence-corrected chi connectivity index (χ1v) is 5.99. The number of carbonyl (C=O) groups is 1. The molecule has 2 unspecified atom stereocenters. The highest BCUT2D eigenvalue weighted by Crippen LogP contribution is 2.20. The molecule has 102 valence electrons. The zero-order valence-electron chi connectivity index (χ0n) is 10.1. The quantitative estimate of drug-likeness (QED) is 0.637. The summed E-state index contributed by atoms with van der Waals surface area (Å²) in [5, 5.41) is 13.2. The molecule has 0 aromatic heterocycles. The third kappa shape index (κ3) is 2.87. The first kappa shape index (κ1) is 13.4. The molecule has 1 fully saturated rings. The van der Waals surface area contributed by atoms with Crippen molar-refractivity contribution in [1.82, 2.24) is 5.32 Å². The van der Waals surface area contributed by atoms with E-state index in [1.165, 1.54) is 0 Å². The Balaban J connectivity index is 2.18. The van der Waals surface area contributed by atoms with Gasteiger partial charge in [0.25, 0.3) is 11.6 Å². The fourth-order valence-corrected chi connectivity index (χ4v) is 2.21. The van der Waals surface area contributed by atoms with Crippen molar-refractivity contribution in [2.75, 3.05) is 0 Å². The average Bonchev–Trinajstić information content (AvgIpc) is 2.75. The van der Waals surface area contributed by atoms with Crippen molar-refractivity contribution >= 4 is 11.6 Å². The third-order valence-electron chi connectivity index (χ3n) is 3.29. The van der Waals surface area contributed by atoms with Crippen LogP contribution in [-0.2, 0) is 0 Å². The van der Waals surface area contributed by atoms with Gasteiger partial charge < -0.3 is 11.1 Å². The van der Waals surface area contributed by atoms with Crippen molar-refractivity contribution in [3.05, 3.63) is 39.7 Å². The van der Waals surface area contributed by atoms with Crippen LogP contribution in [0.25, 0.3) is 0 Å². The van der Waals surface area contributed by atoms with Gasteiger partial charge in [-0.3, -0.25) is 14.9 Å². The Labute approximate surface area is 108 Å². The lowest BCUT2D eigenvalue weighted by Crippen LogP contribution is -2.44. The fraction of sp³-hybridized carbons (Fsp3) is 0.417. The lowest BCUT2D eigenvalue weighted by atomic mass is 10.1. The molecular formula is C12H14FN3O3. The second-order valence-corrected chi connectivity index (χ2v) is 4.60. The van der Waals surface area contributed by atoms with Crippen molar-refractivity contribution in [1.29, 1.82) is 0 Å². The summed E-state index contributed by atoms with van der Waals surface area (Å²) in [6, 6.07) is 2.53. The van der Waals surface area contributed by atoms with Gasteiger partial charge in [0.2, 0.25) is 0 Å². The second-order valence-electron chi connectivity index (χ2n) is 4.60. The van der Waals surface area contributed by atoms with Crippen LogP contribution in [0.15, 0.2) is 18.2 Å². The number of rotatable bonds is 3. The van der Waals surface area contributed by atoms with Crippen LogP contribution in [0, 0.1) is 15.9 Å². The van der Waals surface area contributed by atoms with E-state index in [0.29, 0.717) is 0 Å². The summed E-state index contributed by atoms with van der Waals surface area (Å²) in [5.41, 5.74) is 5.16. The third-order valence-corrected chi connectivity index (χ3v) is 3.29. The molecule has 1 aliphatic rings. The van der Waals surface area contributed by atoms with Crippen molar-refractivity contribution in [2.45, 2.75) is 31.3 Å². The number of nitrogens with two attached hydrogens (primary N) is 1. The maximum absolute atomic E-state index is 13.5. The molecule has 6 nitrogen and oxygen atoms in total. The number of benzene rings is 1. The number of nitrogens with one attached hydrogen (secondary N) is 1. The lowest BCUT2D eigenvalue weighted by molar-refractivity contribution is -0.384. The lowest BCUT2D eigenvalue weighted by Gasteiger charge is -2.17. The number of nitrogens with zero attached hydrogens (tertiary/aromatic N) is 1. The summed E-state index contributed by atoms with van der Waals surface area (Å²) in [6.07, 6.45) is 2.45. The molecule has 0 radical (unpaired) electrons. The monoisotopic (exact) mass is 267 g/mol. The van der Waals surface area contributed by atoms with Crippen molar-refractivity contribution in [3.63, 3.8) is 0 Å². The molecule has 2 rings (SSSR count). The summed E-state index contributed by atoms with van der Waals surface area (Å²) >= 11 is 0. The molecule has 7 heteroatoms. The van der Waals surface area contributed by atoms with E-state index in [9.17, 15) is 19.3 Å². The SMILES string of the molecule is NC1CCCC1NC(=O)c1cc([N+](=O)[O-])ccc1F. The van der Waals surface area contributed by atoms with Gasteiger partial charge in [-0.15, -0.1) is 0 Å². The van der Waals surface area contributed by atoms with Gasteiger partial charge in [-0.1, -0.05) is 0 Å². The number of hydrogen-bond donors (Lipinski definition) is 2. The molecule has 1 saturated carbocycles. The summed E-state index contributed by atoms with van der Waals surface area (Å²) in [5.74, 6) is -1.45. The van der Waals surface area contributed by atoms with Crippen LogP contribution >= 0.6 is 0 Å². The summed E-state index contributed by atoms with van der Waals surface area (Å²) in [4.78, 5) is 21.9. The highest BCUT2D eigenvalue weighted by atomic mass is 19.1. The maximum Gasteiger partial charge on any atom is 0.270 e. The van der Waals surface area contributed by atoms with Crippen LogP contribution in [0.3, 0.4) is 0 Å². The molecule has 3 N–H and O–H groups in total. The maximum atomic E-state index is 13.5. The van der Waals surface area contributed by atoms with E-state index in [-0.39, 0.29) is 23.3 Å². The van der Waals surface area contributed by atoms with Gasteiger partial charge in [-0.2, -0.15) is 0 Å². The van der Waals surface area contributed by atoms with Gasteiger partial charge >= 0.3 is 0 Å². The number of non-ortho nitro benzene ring substituents is 1. The van der Waals surface area contributed by atoms with E-state index in [1.54, 1.807) is 0 Å². The fourth-order valence-electron chi connectivity index (χ4n) is 2.21. The average molecular weight is 267 g/mol. The van der Waals surface area contributed by atoms with E-state index in [1.807, 2.05) is 0 Å². The topological polar surface area (TPSA) is 98.3 Å². The summed E-state index contributed by atoms with van der Waals surface area (Å²) < 4.78 is 13.5. The van der Waals surface area contributed by atoms with Crippen molar-refractivity contribution < 1.29 is 14.1 Å². The molecule has 0 bridgehead atoms. The Hall–Kier alpha value is -2.02. The molecule has 1 amide bonds. The zero-order valence-corrected chi connectivity index (χ0v) is 10.1. The van der Waals surface area contributed by atoms with Crippen molar-refractivity contribution in [2.24, 2.45) is 5.73 Å². The Morgan fingerprint density at radius 2 is 2.21 bits per heavy atom. The first-order valence-electron chi connectivity index (χ1n) is 5.99. The normalized spacial score (nSPS) is 22.2. The minimum Gasteiger partial charge on any atom is -0.348 e. The smallest absolute Gasteiger partial charge is 0.270 e. The number of nitro groups is 1. The van der Waals surface area contributed by atoms with Crippen LogP contribution < -0.4 is 11.1 Å². The molecule has 2 atom stereocenters. The van der Waals surface area contributed by atoms with Gasteiger partial charge in [-0.05, 0) is 25.3 Å².